The number of nitrogens with one attached hydrogen (secondary N) is 1. The number of hydrogen-bond acceptors (Lipinski definition) is 2. The van der Waals surface area contributed by atoms with Gasteiger partial charge in [0.25, 0.3) is 0 Å². The number of anilines is 1. The molecule has 1 heterocycles. The van der Waals surface area contributed by atoms with Crippen LogP contribution in [0.4, 0.5) is 5.69 Å². The van der Waals surface area contributed by atoms with Crippen LogP contribution in [0, 0.1) is 6.92 Å². The molecular weight excluding hydrogens is 196 g/mol. The van der Waals surface area contributed by atoms with Gasteiger partial charge in [0, 0.05) is 30.5 Å². The summed E-state index contributed by atoms with van der Waals surface area (Å²) in [5, 5.41) is 3.38. The summed E-state index contributed by atoms with van der Waals surface area (Å²) in [5.74, 6) is 0. The van der Waals surface area contributed by atoms with Crippen molar-refractivity contribution in [3.8, 4) is 0 Å². The standard InChI is InChI=1S/C14H16N2/c1-12-5-7-14(8-6-12)16-11-9-13-4-2-3-10-15-13/h2-8,10,16H,9,11H2,1H3. The molecule has 1 N–H and O–H groups in total. The summed E-state index contributed by atoms with van der Waals surface area (Å²) >= 11 is 0. The SMILES string of the molecule is Cc1ccc(NCCc2ccccn2)cc1. The Balaban J connectivity index is 1.82. The van der Waals surface area contributed by atoms with Gasteiger partial charge in [0.15, 0.2) is 0 Å². The molecule has 0 saturated carbocycles. The number of hydrogen-bond donors (Lipinski definition) is 1. The number of aryl methyl sites for hydroxylation is 1. The van der Waals surface area contributed by atoms with Crippen molar-refractivity contribution >= 4 is 5.69 Å². The lowest BCUT2D eigenvalue weighted by atomic mass is 10.2. The first kappa shape index (κ1) is 10.7. The number of pyridine rings is 1. The third-order valence-electron chi connectivity index (χ3n) is 2.49. The molecule has 0 spiro atoms. The molecule has 2 rings (SSSR count). The van der Waals surface area contributed by atoms with Gasteiger partial charge in [-0.05, 0) is 31.2 Å². The van der Waals surface area contributed by atoms with Gasteiger partial charge in [-0.3, -0.25) is 4.98 Å². The van der Waals surface area contributed by atoms with Crippen molar-refractivity contribution in [3.05, 3.63) is 59.9 Å². The fourth-order valence-corrected chi connectivity index (χ4v) is 1.55. The normalized spacial score (nSPS) is 10.1. The maximum atomic E-state index is 4.28. The molecule has 0 aliphatic carbocycles. The minimum Gasteiger partial charge on any atom is -0.385 e. The Morgan fingerprint density at radius 3 is 2.56 bits per heavy atom. The second-order valence-electron chi connectivity index (χ2n) is 3.86. The number of rotatable bonds is 4. The average molecular weight is 212 g/mol. The van der Waals surface area contributed by atoms with Crippen molar-refractivity contribution in [3.63, 3.8) is 0 Å². The van der Waals surface area contributed by atoms with E-state index in [4.69, 9.17) is 0 Å². The molecular formula is C14H16N2. The van der Waals surface area contributed by atoms with Crippen LogP contribution >= 0.6 is 0 Å². The summed E-state index contributed by atoms with van der Waals surface area (Å²) in [6.45, 7) is 3.01. The van der Waals surface area contributed by atoms with Crippen molar-refractivity contribution in [1.82, 2.24) is 4.98 Å². The van der Waals surface area contributed by atoms with Crippen LogP contribution in [0.5, 0.6) is 0 Å². The van der Waals surface area contributed by atoms with Crippen LogP contribution in [0.15, 0.2) is 48.7 Å². The lowest BCUT2D eigenvalue weighted by Crippen LogP contribution is -2.05. The lowest BCUT2D eigenvalue weighted by molar-refractivity contribution is 0.961. The predicted octanol–water partition coefficient (Wildman–Crippen LogP) is 3.04. The van der Waals surface area contributed by atoms with Gasteiger partial charge in [-0.25, -0.2) is 0 Å². The van der Waals surface area contributed by atoms with Crippen LogP contribution in [0.2, 0.25) is 0 Å². The molecule has 2 heteroatoms. The maximum absolute atomic E-state index is 4.28. The minimum absolute atomic E-state index is 0.917. The topological polar surface area (TPSA) is 24.9 Å². The third kappa shape index (κ3) is 3.09. The Hall–Kier alpha value is -1.83. The summed E-state index contributed by atoms with van der Waals surface area (Å²) in [7, 11) is 0. The predicted molar refractivity (Wildman–Crippen MR) is 67.6 cm³/mol. The molecule has 0 atom stereocenters. The molecule has 0 amide bonds. The first-order valence-electron chi connectivity index (χ1n) is 5.55. The molecule has 0 fully saturated rings. The van der Waals surface area contributed by atoms with Crippen LogP contribution in [-0.4, -0.2) is 11.5 Å². The van der Waals surface area contributed by atoms with Gasteiger partial charge >= 0.3 is 0 Å². The van der Waals surface area contributed by atoms with E-state index < -0.39 is 0 Å². The third-order valence-corrected chi connectivity index (χ3v) is 2.49. The van der Waals surface area contributed by atoms with E-state index in [9.17, 15) is 0 Å². The molecule has 0 bridgehead atoms. The molecule has 1 aromatic carbocycles. The van der Waals surface area contributed by atoms with Crippen LogP contribution in [-0.2, 0) is 6.42 Å². The van der Waals surface area contributed by atoms with Gasteiger partial charge in [-0.15, -0.1) is 0 Å². The van der Waals surface area contributed by atoms with E-state index >= 15 is 0 Å². The van der Waals surface area contributed by atoms with Crippen LogP contribution in [0.3, 0.4) is 0 Å². The molecule has 0 aliphatic rings. The van der Waals surface area contributed by atoms with E-state index in [2.05, 4.69) is 47.6 Å². The van der Waals surface area contributed by atoms with E-state index in [1.54, 1.807) is 0 Å². The summed E-state index contributed by atoms with van der Waals surface area (Å²) in [6.07, 6.45) is 2.79. The summed E-state index contributed by atoms with van der Waals surface area (Å²) in [5.41, 5.74) is 3.58. The molecule has 0 saturated heterocycles. The zero-order chi connectivity index (χ0) is 11.2. The highest BCUT2D eigenvalue weighted by Crippen LogP contribution is 2.08. The number of aromatic nitrogens is 1. The second kappa shape index (κ2) is 5.31. The largest absolute Gasteiger partial charge is 0.385 e. The van der Waals surface area contributed by atoms with Gasteiger partial charge in [-0.2, -0.15) is 0 Å². The van der Waals surface area contributed by atoms with Crippen molar-refractivity contribution in [2.24, 2.45) is 0 Å². The summed E-state index contributed by atoms with van der Waals surface area (Å²) < 4.78 is 0. The Bertz CT molecular complexity index is 420. The summed E-state index contributed by atoms with van der Waals surface area (Å²) in [4.78, 5) is 4.28. The van der Waals surface area contributed by atoms with E-state index in [0.717, 1.165) is 18.7 Å². The van der Waals surface area contributed by atoms with E-state index in [1.165, 1.54) is 11.3 Å². The van der Waals surface area contributed by atoms with E-state index in [-0.39, 0.29) is 0 Å². The van der Waals surface area contributed by atoms with Gasteiger partial charge in [0.1, 0.15) is 0 Å². The van der Waals surface area contributed by atoms with Crippen molar-refractivity contribution in [1.29, 1.82) is 0 Å². The minimum atomic E-state index is 0.917. The zero-order valence-electron chi connectivity index (χ0n) is 9.48. The van der Waals surface area contributed by atoms with Gasteiger partial charge in [-0.1, -0.05) is 23.8 Å². The smallest absolute Gasteiger partial charge is 0.0421 e. The molecule has 16 heavy (non-hydrogen) atoms. The Morgan fingerprint density at radius 1 is 1.06 bits per heavy atom. The molecule has 82 valence electrons. The fraction of sp³-hybridized carbons (Fsp3) is 0.214. The van der Waals surface area contributed by atoms with Gasteiger partial charge in [0.2, 0.25) is 0 Å². The number of benzene rings is 1. The second-order valence-corrected chi connectivity index (χ2v) is 3.86. The Morgan fingerprint density at radius 2 is 1.88 bits per heavy atom. The maximum Gasteiger partial charge on any atom is 0.0421 e. The van der Waals surface area contributed by atoms with Crippen LogP contribution in [0.25, 0.3) is 0 Å². The molecule has 2 aromatic rings. The van der Waals surface area contributed by atoms with Gasteiger partial charge in [0.05, 0.1) is 0 Å². The monoisotopic (exact) mass is 212 g/mol. The van der Waals surface area contributed by atoms with E-state index in [1.807, 2.05) is 18.3 Å². The first-order valence-corrected chi connectivity index (χ1v) is 5.55. The zero-order valence-corrected chi connectivity index (χ0v) is 9.48. The highest BCUT2D eigenvalue weighted by atomic mass is 14.9. The van der Waals surface area contributed by atoms with Crippen LogP contribution in [0.1, 0.15) is 11.3 Å². The number of nitrogens with zero attached hydrogens (tertiary/aromatic N) is 1. The first-order chi connectivity index (χ1) is 7.84. The van der Waals surface area contributed by atoms with Gasteiger partial charge < -0.3 is 5.32 Å². The molecule has 0 unspecified atom stereocenters. The fourth-order valence-electron chi connectivity index (χ4n) is 1.55. The molecule has 2 nitrogen and oxygen atoms in total. The Labute approximate surface area is 96.4 Å². The Kier molecular flexibility index (Phi) is 3.54. The molecule has 0 radical (unpaired) electrons. The van der Waals surface area contributed by atoms with Crippen molar-refractivity contribution in [2.45, 2.75) is 13.3 Å². The quantitative estimate of drug-likeness (QED) is 0.842. The molecule has 0 aliphatic heterocycles. The van der Waals surface area contributed by atoms with Crippen molar-refractivity contribution < 1.29 is 0 Å². The average Bonchev–Trinajstić information content (AvgIpc) is 2.33. The summed E-state index contributed by atoms with van der Waals surface area (Å²) in [6, 6.07) is 14.5. The highest BCUT2D eigenvalue weighted by molar-refractivity contribution is 5.44. The lowest BCUT2D eigenvalue weighted by Gasteiger charge is -2.06. The van der Waals surface area contributed by atoms with Crippen LogP contribution < -0.4 is 5.32 Å². The molecule has 1 aromatic heterocycles. The van der Waals surface area contributed by atoms with E-state index in [0.29, 0.717) is 0 Å². The van der Waals surface area contributed by atoms with Crippen molar-refractivity contribution in [2.75, 3.05) is 11.9 Å². The highest BCUT2D eigenvalue weighted by Gasteiger charge is 1.94.